The molecule has 1 amide bonds. The van der Waals surface area contributed by atoms with E-state index < -0.39 is 5.97 Å². The van der Waals surface area contributed by atoms with Gasteiger partial charge in [0.2, 0.25) is 0 Å². The van der Waals surface area contributed by atoms with Crippen molar-refractivity contribution in [1.29, 1.82) is 0 Å². The minimum absolute atomic E-state index is 0.148. The van der Waals surface area contributed by atoms with Crippen LogP contribution < -0.4 is 5.32 Å². The van der Waals surface area contributed by atoms with Crippen LogP contribution in [0.25, 0.3) is 33.8 Å². The first-order valence-electron chi connectivity index (χ1n) is 13.1. The molecule has 0 aliphatic rings. The van der Waals surface area contributed by atoms with E-state index in [9.17, 15) is 9.59 Å². The van der Waals surface area contributed by atoms with E-state index in [4.69, 9.17) is 5.11 Å². The van der Waals surface area contributed by atoms with Gasteiger partial charge in [-0.2, -0.15) is 10.2 Å². The molecule has 43 heavy (non-hydrogen) atoms. The average Bonchev–Trinajstić information content (AvgIpc) is 3.77. The lowest BCUT2D eigenvalue weighted by Gasteiger charge is -2.02. The number of hydrogen-bond acceptors (Lipinski definition) is 8. The predicted molar refractivity (Wildman–Crippen MR) is 163 cm³/mol. The first-order chi connectivity index (χ1) is 20.9. The lowest BCUT2D eigenvalue weighted by atomic mass is 10.1. The number of carboxylic acid groups (broad SMARTS) is 1. The molecule has 12 heteroatoms. The van der Waals surface area contributed by atoms with Crippen LogP contribution in [0.5, 0.6) is 0 Å². The standard InChI is InChI=1S/C17H13N5OS.C14H11N3O2/c1-11-4-2-3-5-12(11)14-10-22-15(20-14)13(6-7-19-22)16(23)21-17-18-8-9-24-17;1-9-4-2-3-5-10(9)12-8-17-13(16-12)11(14(18)19)6-7-15-17/h2-10H,1H3,(H,18,21,23);2-8H,1H3,(H,18,19). The Morgan fingerprint density at radius 2 is 1.28 bits per heavy atom. The van der Waals surface area contributed by atoms with Crippen molar-refractivity contribution in [3.8, 4) is 22.5 Å². The molecule has 212 valence electrons. The van der Waals surface area contributed by atoms with Crippen LogP contribution in [0.2, 0.25) is 0 Å². The van der Waals surface area contributed by atoms with Crippen LogP contribution in [0.4, 0.5) is 5.13 Å². The number of thiazole rings is 1. The van der Waals surface area contributed by atoms with Gasteiger partial charge in [0.05, 0.1) is 29.3 Å². The molecule has 0 unspecified atom stereocenters. The molecule has 0 saturated heterocycles. The average molecular weight is 589 g/mol. The summed E-state index contributed by atoms with van der Waals surface area (Å²) in [6.45, 7) is 4.02. The summed E-state index contributed by atoms with van der Waals surface area (Å²) in [5, 5.41) is 22.6. The van der Waals surface area contributed by atoms with E-state index in [-0.39, 0.29) is 11.5 Å². The number of rotatable bonds is 5. The Morgan fingerprint density at radius 3 is 1.79 bits per heavy atom. The predicted octanol–water partition coefficient (Wildman–Crippen LogP) is 5.82. The molecule has 7 rings (SSSR count). The zero-order chi connectivity index (χ0) is 29.9. The van der Waals surface area contributed by atoms with Gasteiger partial charge in [-0.25, -0.2) is 28.8 Å². The van der Waals surface area contributed by atoms with Crippen molar-refractivity contribution in [3.05, 3.63) is 119 Å². The smallest absolute Gasteiger partial charge is 0.339 e. The van der Waals surface area contributed by atoms with E-state index in [0.717, 1.165) is 33.6 Å². The molecule has 11 nitrogen and oxygen atoms in total. The van der Waals surface area contributed by atoms with Gasteiger partial charge in [-0.15, -0.1) is 11.3 Å². The second-order valence-electron chi connectivity index (χ2n) is 9.50. The molecule has 0 bridgehead atoms. The van der Waals surface area contributed by atoms with E-state index in [2.05, 4.69) is 30.5 Å². The summed E-state index contributed by atoms with van der Waals surface area (Å²) in [6, 6.07) is 18.9. The molecule has 0 fully saturated rings. The molecule has 0 aliphatic carbocycles. The number of fused-ring (bicyclic) bond motifs is 2. The van der Waals surface area contributed by atoms with Crippen LogP contribution in [-0.2, 0) is 0 Å². The second-order valence-corrected chi connectivity index (χ2v) is 10.4. The van der Waals surface area contributed by atoms with Gasteiger partial charge in [0.1, 0.15) is 5.56 Å². The van der Waals surface area contributed by atoms with Crippen molar-refractivity contribution in [3.63, 3.8) is 0 Å². The van der Waals surface area contributed by atoms with Crippen molar-refractivity contribution < 1.29 is 14.7 Å². The topological polar surface area (TPSA) is 140 Å². The summed E-state index contributed by atoms with van der Waals surface area (Å²) in [5.74, 6) is -1.26. The second kappa shape index (κ2) is 11.6. The van der Waals surface area contributed by atoms with Crippen molar-refractivity contribution in [2.45, 2.75) is 13.8 Å². The molecule has 0 radical (unpaired) electrons. The lowest BCUT2D eigenvalue weighted by Crippen LogP contribution is -2.13. The number of nitrogens with zero attached hydrogens (tertiary/aromatic N) is 7. The summed E-state index contributed by atoms with van der Waals surface area (Å²) in [7, 11) is 0. The van der Waals surface area contributed by atoms with Gasteiger partial charge in [0.15, 0.2) is 16.4 Å². The van der Waals surface area contributed by atoms with Crippen LogP contribution in [0, 0.1) is 13.8 Å². The quantitative estimate of drug-likeness (QED) is 0.257. The first kappa shape index (κ1) is 27.4. The fraction of sp³-hybridized carbons (Fsp3) is 0.0645. The fourth-order valence-corrected chi connectivity index (χ4v) is 5.09. The molecular weight excluding hydrogens is 564 g/mol. The zero-order valence-electron chi connectivity index (χ0n) is 23.0. The lowest BCUT2D eigenvalue weighted by molar-refractivity contribution is 0.0698. The number of aromatic nitrogens is 7. The number of carbonyl (C=O) groups is 2. The van der Waals surface area contributed by atoms with Crippen LogP contribution in [0.3, 0.4) is 0 Å². The molecule has 0 spiro atoms. The summed E-state index contributed by atoms with van der Waals surface area (Å²) in [5.41, 5.74) is 7.19. The monoisotopic (exact) mass is 588 g/mol. The number of amides is 1. The zero-order valence-corrected chi connectivity index (χ0v) is 23.9. The van der Waals surface area contributed by atoms with Gasteiger partial charge in [-0.1, -0.05) is 48.5 Å². The molecule has 5 heterocycles. The molecule has 5 aromatic heterocycles. The van der Waals surface area contributed by atoms with E-state index >= 15 is 0 Å². The van der Waals surface area contributed by atoms with Crippen molar-refractivity contribution >= 4 is 39.6 Å². The summed E-state index contributed by atoms with van der Waals surface area (Å²) in [4.78, 5) is 36.7. The van der Waals surface area contributed by atoms with E-state index in [1.165, 1.54) is 28.1 Å². The SMILES string of the molecule is Cc1ccccc1-c1cn2nccc(C(=O)Nc3nccs3)c2n1.Cc1ccccc1-c1cn2nccc(C(=O)O)c2n1. The largest absolute Gasteiger partial charge is 0.478 e. The normalized spacial score (nSPS) is 10.8. The van der Waals surface area contributed by atoms with Crippen molar-refractivity contribution in [1.82, 2.24) is 34.2 Å². The third-order valence-corrected chi connectivity index (χ3v) is 7.38. The number of imidazole rings is 2. The van der Waals surface area contributed by atoms with Gasteiger partial charge in [0, 0.05) is 35.1 Å². The maximum atomic E-state index is 12.5. The molecule has 2 aromatic carbocycles. The Labute approximate surface area is 249 Å². The number of carboxylic acids is 1. The first-order valence-corrected chi connectivity index (χ1v) is 14.0. The highest BCUT2D eigenvalue weighted by molar-refractivity contribution is 7.13. The Hall–Kier alpha value is -5.75. The molecule has 0 aliphatic heterocycles. The van der Waals surface area contributed by atoms with Gasteiger partial charge in [0.25, 0.3) is 5.91 Å². The highest BCUT2D eigenvalue weighted by Crippen LogP contribution is 2.25. The maximum absolute atomic E-state index is 12.5. The Morgan fingerprint density at radius 1 is 0.744 bits per heavy atom. The summed E-state index contributed by atoms with van der Waals surface area (Å²) < 4.78 is 3.11. The summed E-state index contributed by atoms with van der Waals surface area (Å²) in [6.07, 6.45) is 8.27. The number of hydrogen-bond donors (Lipinski definition) is 2. The van der Waals surface area contributed by atoms with Gasteiger partial charge < -0.3 is 5.11 Å². The number of benzene rings is 2. The molecular formula is C31H24N8O3S. The van der Waals surface area contributed by atoms with Gasteiger partial charge >= 0.3 is 5.97 Å². The van der Waals surface area contributed by atoms with E-state index in [1.54, 1.807) is 29.2 Å². The van der Waals surface area contributed by atoms with Gasteiger partial charge in [-0.05, 0) is 37.1 Å². The Kier molecular flexibility index (Phi) is 7.41. The number of anilines is 1. The van der Waals surface area contributed by atoms with E-state index in [0.29, 0.717) is 22.0 Å². The van der Waals surface area contributed by atoms with E-state index in [1.807, 2.05) is 74.0 Å². The third-order valence-electron chi connectivity index (χ3n) is 6.69. The minimum atomic E-state index is -1.01. The van der Waals surface area contributed by atoms with Crippen LogP contribution in [0.15, 0.2) is 97.0 Å². The number of carbonyl (C=O) groups excluding carboxylic acids is 1. The highest BCUT2D eigenvalue weighted by Gasteiger charge is 2.17. The van der Waals surface area contributed by atoms with Crippen molar-refractivity contribution in [2.24, 2.45) is 0 Å². The minimum Gasteiger partial charge on any atom is -0.478 e. The van der Waals surface area contributed by atoms with Crippen LogP contribution in [0.1, 0.15) is 31.8 Å². The Balaban J connectivity index is 0.000000157. The molecule has 2 N–H and O–H groups in total. The molecule has 0 atom stereocenters. The third kappa shape index (κ3) is 5.59. The molecule has 0 saturated carbocycles. The number of nitrogens with one attached hydrogen (secondary N) is 1. The fourth-order valence-electron chi connectivity index (χ4n) is 4.57. The Bertz CT molecular complexity index is 2100. The summed E-state index contributed by atoms with van der Waals surface area (Å²) >= 11 is 1.37. The maximum Gasteiger partial charge on any atom is 0.339 e. The van der Waals surface area contributed by atoms with Gasteiger partial charge in [-0.3, -0.25) is 10.1 Å². The number of aryl methyl sites for hydroxylation is 2. The molecule has 7 aromatic rings. The number of aromatic carboxylic acids is 1. The van der Waals surface area contributed by atoms with Crippen LogP contribution in [-0.4, -0.2) is 51.2 Å². The highest BCUT2D eigenvalue weighted by atomic mass is 32.1. The van der Waals surface area contributed by atoms with Crippen molar-refractivity contribution in [2.75, 3.05) is 5.32 Å². The van der Waals surface area contributed by atoms with Crippen LogP contribution >= 0.6 is 11.3 Å².